The first-order valence-corrected chi connectivity index (χ1v) is 4.67. The Morgan fingerprint density at radius 1 is 1.25 bits per heavy atom. The van der Waals surface area contributed by atoms with Crippen molar-refractivity contribution in [1.29, 1.82) is 0 Å². The van der Waals surface area contributed by atoms with Crippen LogP contribution in [0.3, 0.4) is 0 Å². The van der Waals surface area contributed by atoms with Crippen LogP contribution in [-0.2, 0) is 0 Å². The Bertz CT molecular complexity index is 486. The number of rotatable bonds is 0. The number of imidazole rings is 1. The molecule has 0 fully saturated rings. The van der Waals surface area contributed by atoms with Gasteiger partial charge >= 0.3 is 0 Å². The quantitative estimate of drug-likeness (QED) is 0.557. The molecular formula is C9H6N2S. The number of hydrogen-bond acceptors (Lipinski definition) is 2. The first kappa shape index (κ1) is 6.20. The molecule has 0 spiro atoms. The lowest BCUT2D eigenvalue weighted by molar-refractivity contribution is 1.35. The zero-order valence-electron chi connectivity index (χ0n) is 6.24. The fourth-order valence-corrected chi connectivity index (χ4v) is 2.25. The number of benzene rings is 1. The van der Waals surface area contributed by atoms with Gasteiger partial charge in [0.25, 0.3) is 0 Å². The Hall–Kier alpha value is -1.35. The van der Waals surface area contributed by atoms with Crippen molar-refractivity contribution in [2.24, 2.45) is 0 Å². The van der Waals surface area contributed by atoms with Gasteiger partial charge in [-0.25, -0.2) is 4.98 Å². The third-order valence-electron chi connectivity index (χ3n) is 2.05. The van der Waals surface area contributed by atoms with E-state index in [0.29, 0.717) is 0 Å². The number of aromatic nitrogens is 2. The summed E-state index contributed by atoms with van der Waals surface area (Å²) < 4.78 is 0. The van der Waals surface area contributed by atoms with Crippen LogP contribution >= 0.6 is 11.3 Å². The molecule has 2 heterocycles. The monoisotopic (exact) mass is 174 g/mol. The van der Waals surface area contributed by atoms with Gasteiger partial charge in [-0.2, -0.15) is 11.3 Å². The van der Waals surface area contributed by atoms with Gasteiger partial charge in [0.2, 0.25) is 0 Å². The molecule has 3 aromatic rings. The maximum absolute atomic E-state index is 4.27. The highest BCUT2D eigenvalue weighted by atomic mass is 32.1. The smallest absolute Gasteiger partial charge is 0.0969 e. The fourth-order valence-electron chi connectivity index (χ4n) is 1.45. The molecule has 3 heteroatoms. The minimum Gasteiger partial charge on any atom is -0.345 e. The van der Waals surface area contributed by atoms with E-state index in [0.717, 1.165) is 11.0 Å². The summed E-state index contributed by atoms with van der Waals surface area (Å²) in [4.78, 5) is 7.37. The Morgan fingerprint density at radius 2 is 2.25 bits per heavy atom. The molecule has 1 N–H and O–H groups in total. The van der Waals surface area contributed by atoms with E-state index in [2.05, 4.69) is 32.9 Å². The molecule has 58 valence electrons. The van der Waals surface area contributed by atoms with E-state index in [-0.39, 0.29) is 0 Å². The lowest BCUT2D eigenvalue weighted by Gasteiger charge is -1.89. The van der Waals surface area contributed by atoms with Gasteiger partial charge in [-0.15, -0.1) is 0 Å². The number of thiophene rings is 1. The van der Waals surface area contributed by atoms with Crippen LogP contribution < -0.4 is 0 Å². The molecular weight excluding hydrogens is 168 g/mol. The van der Waals surface area contributed by atoms with Crippen LogP contribution in [0.4, 0.5) is 0 Å². The minimum atomic E-state index is 1.08. The lowest BCUT2D eigenvalue weighted by Crippen LogP contribution is -1.69. The summed E-state index contributed by atoms with van der Waals surface area (Å²) in [7, 11) is 0. The number of H-pyrrole nitrogens is 1. The number of hydrogen-bond donors (Lipinski definition) is 1. The molecule has 0 saturated heterocycles. The maximum Gasteiger partial charge on any atom is 0.0969 e. The van der Waals surface area contributed by atoms with Crippen molar-refractivity contribution < 1.29 is 0 Å². The standard InChI is InChI=1S/C9H6N2S/c1-2-8-9(11-5-10-8)7-4-12-3-6(1)7/h1-5H,(H,10,11). The number of fused-ring (bicyclic) bond motifs is 3. The van der Waals surface area contributed by atoms with Crippen molar-refractivity contribution in [3.05, 3.63) is 29.2 Å². The van der Waals surface area contributed by atoms with Gasteiger partial charge in [-0.05, 0) is 16.8 Å². The summed E-state index contributed by atoms with van der Waals surface area (Å²) in [6, 6.07) is 4.18. The van der Waals surface area contributed by atoms with E-state index < -0.39 is 0 Å². The molecule has 3 rings (SSSR count). The van der Waals surface area contributed by atoms with Crippen LogP contribution in [0.5, 0.6) is 0 Å². The Labute approximate surface area is 72.9 Å². The topological polar surface area (TPSA) is 28.7 Å². The molecule has 0 bridgehead atoms. The van der Waals surface area contributed by atoms with Gasteiger partial charge in [-0.1, -0.05) is 6.07 Å². The third-order valence-corrected chi connectivity index (χ3v) is 2.81. The van der Waals surface area contributed by atoms with Crippen LogP contribution in [0.15, 0.2) is 29.2 Å². The number of aromatic amines is 1. The van der Waals surface area contributed by atoms with Crippen LogP contribution in [0.1, 0.15) is 0 Å². The van der Waals surface area contributed by atoms with Crippen molar-refractivity contribution >= 4 is 33.1 Å². The molecule has 0 atom stereocenters. The predicted molar refractivity (Wildman–Crippen MR) is 51.5 cm³/mol. The zero-order chi connectivity index (χ0) is 7.97. The number of nitrogens with zero attached hydrogens (tertiary/aromatic N) is 1. The highest BCUT2D eigenvalue weighted by Crippen LogP contribution is 2.25. The third kappa shape index (κ3) is 0.662. The highest BCUT2D eigenvalue weighted by Gasteiger charge is 2.01. The zero-order valence-corrected chi connectivity index (χ0v) is 7.06. The van der Waals surface area contributed by atoms with Crippen molar-refractivity contribution in [1.82, 2.24) is 9.97 Å². The molecule has 0 aliphatic heterocycles. The van der Waals surface area contributed by atoms with Gasteiger partial charge in [0.1, 0.15) is 0 Å². The van der Waals surface area contributed by atoms with Crippen LogP contribution in [0, 0.1) is 0 Å². The number of nitrogens with one attached hydrogen (secondary N) is 1. The minimum absolute atomic E-state index is 1.08. The maximum atomic E-state index is 4.27. The summed E-state index contributed by atoms with van der Waals surface area (Å²) in [6.07, 6.45) is 1.74. The molecule has 2 nitrogen and oxygen atoms in total. The van der Waals surface area contributed by atoms with Crippen LogP contribution in [0.25, 0.3) is 21.8 Å². The molecule has 0 amide bonds. The summed E-state index contributed by atoms with van der Waals surface area (Å²) in [5, 5.41) is 6.81. The average molecular weight is 174 g/mol. The van der Waals surface area contributed by atoms with Crippen molar-refractivity contribution in [3.8, 4) is 0 Å². The van der Waals surface area contributed by atoms with E-state index >= 15 is 0 Å². The first-order chi connectivity index (χ1) is 5.95. The summed E-state index contributed by atoms with van der Waals surface area (Å²) in [5.41, 5.74) is 2.19. The van der Waals surface area contributed by atoms with E-state index in [1.165, 1.54) is 10.8 Å². The first-order valence-electron chi connectivity index (χ1n) is 3.73. The van der Waals surface area contributed by atoms with Gasteiger partial charge in [0, 0.05) is 10.8 Å². The molecule has 0 aliphatic carbocycles. The Balaban J connectivity index is 2.71. The van der Waals surface area contributed by atoms with Crippen molar-refractivity contribution in [3.63, 3.8) is 0 Å². The predicted octanol–water partition coefficient (Wildman–Crippen LogP) is 2.78. The van der Waals surface area contributed by atoms with Gasteiger partial charge < -0.3 is 4.98 Å². The van der Waals surface area contributed by atoms with Crippen molar-refractivity contribution in [2.45, 2.75) is 0 Å². The largest absolute Gasteiger partial charge is 0.345 e. The average Bonchev–Trinajstić information content (AvgIpc) is 2.71. The summed E-state index contributed by atoms with van der Waals surface area (Å²) in [6.45, 7) is 0. The summed E-state index contributed by atoms with van der Waals surface area (Å²) >= 11 is 1.72. The Morgan fingerprint density at radius 3 is 3.25 bits per heavy atom. The molecule has 1 aromatic carbocycles. The molecule has 0 radical (unpaired) electrons. The molecule has 0 unspecified atom stereocenters. The van der Waals surface area contributed by atoms with Crippen molar-refractivity contribution in [2.75, 3.05) is 0 Å². The van der Waals surface area contributed by atoms with Gasteiger partial charge in [0.15, 0.2) is 0 Å². The molecule has 0 saturated carbocycles. The van der Waals surface area contributed by atoms with Crippen LogP contribution in [-0.4, -0.2) is 9.97 Å². The SMILES string of the molecule is c1nc2c(ccc3cscc32)[nH]1. The highest BCUT2D eigenvalue weighted by molar-refractivity contribution is 7.09. The Kier molecular flexibility index (Phi) is 1.07. The van der Waals surface area contributed by atoms with E-state index in [9.17, 15) is 0 Å². The molecule has 0 aliphatic rings. The van der Waals surface area contributed by atoms with E-state index in [1.54, 1.807) is 17.7 Å². The molecule has 2 aromatic heterocycles. The molecule has 12 heavy (non-hydrogen) atoms. The van der Waals surface area contributed by atoms with Gasteiger partial charge in [-0.3, -0.25) is 0 Å². The van der Waals surface area contributed by atoms with Gasteiger partial charge in [0.05, 0.1) is 17.4 Å². The van der Waals surface area contributed by atoms with E-state index in [4.69, 9.17) is 0 Å². The second-order valence-electron chi connectivity index (χ2n) is 2.74. The normalized spacial score (nSPS) is 11.3. The fraction of sp³-hybridized carbons (Fsp3) is 0. The summed E-state index contributed by atoms with van der Waals surface area (Å²) in [5.74, 6) is 0. The van der Waals surface area contributed by atoms with Crippen LogP contribution in [0.2, 0.25) is 0 Å². The second kappa shape index (κ2) is 2.08. The lowest BCUT2D eigenvalue weighted by atomic mass is 10.2. The second-order valence-corrected chi connectivity index (χ2v) is 3.48. The van der Waals surface area contributed by atoms with E-state index in [1.807, 2.05) is 0 Å².